The third-order valence-corrected chi connectivity index (χ3v) is 2.69. The fourth-order valence-corrected chi connectivity index (χ4v) is 1.63. The quantitative estimate of drug-likeness (QED) is 0.697. The number of carboxylic acid groups (broad SMARTS) is 1. The minimum Gasteiger partial charge on any atom is -0.481 e. The molecule has 0 saturated carbocycles. The molecule has 1 aromatic carbocycles. The fourth-order valence-electron chi connectivity index (χ4n) is 1.63. The largest absolute Gasteiger partial charge is 0.481 e. The molecule has 0 fully saturated rings. The number of nitrogens with one attached hydrogen (secondary N) is 2. The Hall–Kier alpha value is -2.44. The van der Waals surface area contributed by atoms with Gasteiger partial charge in [0.25, 0.3) is 5.91 Å². The average molecular weight is 296 g/mol. The molecule has 1 unspecified atom stereocenters. The van der Waals surface area contributed by atoms with Crippen molar-refractivity contribution in [1.29, 1.82) is 0 Å². The standard InChI is InChI=1S/C14H17FN2O4/c1-9(5-6-13(19)20)17-12(18)8-16-14(21)10-3-2-4-11(15)7-10/h2-4,7,9H,5-6,8H2,1H3,(H,16,21)(H,17,18)(H,19,20). The molecule has 1 aromatic rings. The molecular weight excluding hydrogens is 279 g/mol. The number of hydrogen-bond acceptors (Lipinski definition) is 3. The van der Waals surface area contributed by atoms with Crippen molar-refractivity contribution in [1.82, 2.24) is 10.6 Å². The molecule has 0 aliphatic carbocycles. The lowest BCUT2D eigenvalue weighted by atomic mass is 10.2. The fraction of sp³-hybridized carbons (Fsp3) is 0.357. The second kappa shape index (κ2) is 7.98. The molecule has 0 radical (unpaired) electrons. The summed E-state index contributed by atoms with van der Waals surface area (Å²) in [5.41, 5.74) is 0.127. The van der Waals surface area contributed by atoms with E-state index in [9.17, 15) is 18.8 Å². The zero-order valence-electron chi connectivity index (χ0n) is 11.6. The number of benzene rings is 1. The van der Waals surface area contributed by atoms with E-state index in [1.165, 1.54) is 18.2 Å². The molecule has 3 N–H and O–H groups in total. The first-order valence-electron chi connectivity index (χ1n) is 6.43. The third kappa shape index (κ3) is 6.51. The van der Waals surface area contributed by atoms with Crippen LogP contribution in [-0.4, -0.2) is 35.5 Å². The van der Waals surface area contributed by atoms with Gasteiger partial charge >= 0.3 is 5.97 Å². The monoisotopic (exact) mass is 296 g/mol. The Bertz CT molecular complexity index is 533. The Balaban J connectivity index is 2.35. The molecule has 0 saturated heterocycles. The van der Waals surface area contributed by atoms with Crippen LogP contribution in [0.2, 0.25) is 0 Å². The van der Waals surface area contributed by atoms with Gasteiger partial charge in [-0.3, -0.25) is 14.4 Å². The van der Waals surface area contributed by atoms with Crippen LogP contribution in [0.3, 0.4) is 0 Å². The normalized spacial score (nSPS) is 11.5. The molecule has 0 spiro atoms. The summed E-state index contributed by atoms with van der Waals surface area (Å²) in [7, 11) is 0. The van der Waals surface area contributed by atoms with Gasteiger partial charge in [-0.25, -0.2) is 4.39 Å². The van der Waals surface area contributed by atoms with Crippen LogP contribution in [0, 0.1) is 5.82 Å². The highest BCUT2D eigenvalue weighted by atomic mass is 19.1. The Morgan fingerprint density at radius 1 is 1.33 bits per heavy atom. The first-order valence-corrected chi connectivity index (χ1v) is 6.43. The molecular formula is C14H17FN2O4. The van der Waals surface area contributed by atoms with E-state index in [0.717, 1.165) is 6.07 Å². The lowest BCUT2D eigenvalue weighted by molar-refractivity contribution is -0.137. The highest BCUT2D eigenvalue weighted by molar-refractivity contribution is 5.96. The van der Waals surface area contributed by atoms with E-state index in [4.69, 9.17) is 5.11 Å². The van der Waals surface area contributed by atoms with Crippen LogP contribution in [0.15, 0.2) is 24.3 Å². The molecule has 6 nitrogen and oxygen atoms in total. The second-order valence-corrected chi connectivity index (χ2v) is 4.59. The minimum absolute atomic E-state index is 0.0445. The van der Waals surface area contributed by atoms with Gasteiger partial charge in [0.1, 0.15) is 5.82 Å². The summed E-state index contributed by atoms with van der Waals surface area (Å²) in [6, 6.07) is 4.82. The zero-order valence-corrected chi connectivity index (χ0v) is 11.6. The maximum Gasteiger partial charge on any atom is 0.303 e. The summed E-state index contributed by atoms with van der Waals surface area (Å²) in [5.74, 6) is -2.45. The van der Waals surface area contributed by atoms with E-state index in [1.54, 1.807) is 6.92 Å². The molecule has 114 valence electrons. The van der Waals surface area contributed by atoms with Gasteiger partial charge in [0.05, 0.1) is 6.54 Å². The summed E-state index contributed by atoms with van der Waals surface area (Å²) in [6.45, 7) is 1.42. The first kappa shape index (κ1) is 16.6. The molecule has 2 amide bonds. The van der Waals surface area contributed by atoms with Gasteiger partial charge in [0.15, 0.2) is 0 Å². The minimum atomic E-state index is -0.935. The summed E-state index contributed by atoms with van der Waals surface area (Å²) < 4.78 is 12.9. The topological polar surface area (TPSA) is 95.5 Å². The number of carbonyl (C=O) groups excluding carboxylic acids is 2. The van der Waals surface area contributed by atoms with Gasteiger partial charge in [-0.1, -0.05) is 6.07 Å². The Morgan fingerprint density at radius 2 is 2.05 bits per heavy atom. The van der Waals surface area contributed by atoms with Crippen molar-refractivity contribution in [3.05, 3.63) is 35.6 Å². The van der Waals surface area contributed by atoms with Gasteiger partial charge < -0.3 is 15.7 Å². The summed E-state index contributed by atoms with van der Waals surface area (Å²) >= 11 is 0. The molecule has 0 aliphatic rings. The number of carbonyl (C=O) groups is 3. The molecule has 7 heteroatoms. The van der Waals surface area contributed by atoms with E-state index in [-0.39, 0.29) is 24.6 Å². The van der Waals surface area contributed by atoms with E-state index in [2.05, 4.69) is 10.6 Å². The molecule has 0 aliphatic heterocycles. The van der Waals surface area contributed by atoms with E-state index >= 15 is 0 Å². The molecule has 1 atom stereocenters. The van der Waals surface area contributed by atoms with Crippen LogP contribution in [0.4, 0.5) is 4.39 Å². The molecule has 0 bridgehead atoms. The number of hydrogen-bond donors (Lipinski definition) is 3. The third-order valence-electron chi connectivity index (χ3n) is 2.69. The summed E-state index contributed by atoms with van der Waals surface area (Å²) in [4.78, 5) is 33.6. The molecule has 0 aromatic heterocycles. The first-order chi connectivity index (χ1) is 9.88. The van der Waals surface area contributed by atoms with Crippen molar-refractivity contribution < 1.29 is 23.9 Å². The van der Waals surface area contributed by atoms with Crippen molar-refractivity contribution in [2.24, 2.45) is 0 Å². The predicted octanol–water partition coefficient (Wildman–Crippen LogP) is 0.925. The van der Waals surface area contributed by atoms with Crippen LogP contribution in [0.1, 0.15) is 30.1 Å². The van der Waals surface area contributed by atoms with Crippen molar-refractivity contribution in [2.45, 2.75) is 25.8 Å². The number of aliphatic carboxylic acids is 1. The molecule has 1 rings (SSSR count). The smallest absolute Gasteiger partial charge is 0.303 e. The lowest BCUT2D eigenvalue weighted by Crippen LogP contribution is -2.41. The van der Waals surface area contributed by atoms with Gasteiger partial charge in [-0.15, -0.1) is 0 Å². The summed E-state index contributed by atoms with van der Waals surface area (Å²) in [5, 5.41) is 13.4. The van der Waals surface area contributed by atoms with Crippen molar-refractivity contribution >= 4 is 17.8 Å². The van der Waals surface area contributed by atoms with E-state index in [1.807, 2.05) is 0 Å². The van der Waals surface area contributed by atoms with Crippen molar-refractivity contribution in [3.8, 4) is 0 Å². The Kier molecular flexibility index (Phi) is 6.32. The lowest BCUT2D eigenvalue weighted by Gasteiger charge is -2.13. The molecule has 0 heterocycles. The van der Waals surface area contributed by atoms with E-state index in [0.29, 0.717) is 6.42 Å². The second-order valence-electron chi connectivity index (χ2n) is 4.59. The van der Waals surface area contributed by atoms with Gasteiger partial charge in [0.2, 0.25) is 5.91 Å². The maximum atomic E-state index is 12.9. The number of carboxylic acids is 1. The Labute approximate surface area is 121 Å². The van der Waals surface area contributed by atoms with Gasteiger partial charge in [-0.05, 0) is 31.5 Å². The van der Waals surface area contributed by atoms with Gasteiger partial charge in [-0.2, -0.15) is 0 Å². The maximum absolute atomic E-state index is 12.9. The zero-order chi connectivity index (χ0) is 15.8. The summed E-state index contributed by atoms with van der Waals surface area (Å²) in [6.07, 6.45) is 0.260. The molecule has 21 heavy (non-hydrogen) atoms. The van der Waals surface area contributed by atoms with Crippen molar-refractivity contribution in [3.63, 3.8) is 0 Å². The van der Waals surface area contributed by atoms with Crippen LogP contribution >= 0.6 is 0 Å². The van der Waals surface area contributed by atoms with E-state index < -0.39 is 23.6 Å². The van der Waals surface area contributed by atoms with Crippen LogP contribution < -0.4 is 10.6 Å². The highest BCUT2D eigenvalue weighted by Crippen LogP contribution is 2.02. The highest BCUT2D eigenvalue weighted by Gasteiger charge is 2.11. The van der Waals surface area contributed by atoms with Crippen LogP contribution in [0.5, 0.6) is 0 Å². The number of halogens is 1. The van der Waals surface area contributed by atoms with Crippen LogP contribution in [0.25, 0.3) is 0 Å². The number of rotatable bonds is 7. The number of amides is 2. The van der Waals surface area contributed by atoms with Gasteiger partial charge in [0, 0.05) is 18.0 Å². The van der Waals surface area contributed by atoms with Crippen molar-refractivity contribution in [2.75, 3.05) is 6.54 Å². The average Bonchev–Trinajstić information content (AvgIpc) is 2.42. The van der Waals surface area contributed by atoms with Crippen LogP contribution in [-0.2, 0) is 9.59 Å². The SMILES string of the molecule is CC(CCC(=O)O)NC(=O)CNC(=O)c1cccc(F)c1. The predicted molar refractivity (Wildman–Crippen MR) is 73.2 cm³/mol. The Morgan fingerprint density at radius 3 is 2.67 bits per heavy atom.